The van der Waals surface area contributed by atoms with E-state index in [0.29, 0.717) is 0 Å². The quantitative estimate of drug-likeness (QED) is 0.444. The van der Waals surface area contributed by atoms with E-state index in [4.69, 9.17) is 19.9 Å². The molecule has 10 nitrogen and oxygen atoms in total. The summed E-state index contributed by atoms with van der Waals surface area (Å²) in [5.74, 6) is 0. The molecule has 1 rings (SSSR count). The largest absolute Gasteiger partial charge is 0.328 e. The molecule has 0 amide bonds. The zero-order valence-corrected chi connectivity index (χ0v) is 8.77. The molecule has 1 aromatic rings. The number of benzene rings is 1. The smallest absolute Gasteiger partial charge is 0.301 e. The number of hydrogen-bond acceptors (Lipinski definition) is 6. The molecule has 1 aromatic carbocycles. The van der Waals surface area contributed by atoms with Crippen molar-refractivity contribution < 1.29 is 28.2 Å². The monoisotopic (exact) mass is 266 g/mol. The molecule has 11 heteroatoms. The van der Waals surface area contributed by atoms with Gasteiger partial charge in [0.15, 0.2) is 4.90 Å². The molecular weight excluding hydrogens is 260 g/mol. The van der Waals surface area contributed by atoms with Crippen LogP contribution < -0.4 is 0 Å². The summed E-state index contributed by atoms with van der Waals surface area (Å²) in [6.07, 6.45) is 0. The van der Waals surface area contributed by atoms with Crippen LogP contribution in [0, 0.1) is 20.2 Å². The Labute approximate surface area is 94.1 Å². The van der Waals surface area contributed by atoms with Crippen LogP contribution >= 0.6 is 0 Å². The lowest BCUT2D eigenvalue weighted by Crippen LogP contribution is -2.02. The number of nitrogens with zero attached hydrogens (tertiary/aromatic N) is 2. The van der Waals surface area contributed by atoms with Gasteiger partial charge in [0, 0.05) is 6.07 Å². The fourth-order valence-corrected chi connectivity index (χ4v) is 1.48. The molecule has 0 saturated carbocycles. The second kappa shape index (κ2) is 5.72. The van der Waals surface area contributed by atoms with Gasteiger partial charge in [0.05, 0.1) is 4.92 Å². The lowest BCUT2D eigenvalue weighted by molar-refractivity contribution is -0.742. The first-order valence-corrected chi connectivity index (χ1v) is 5.14. The van der Waals surface area contributed by atoms with Crippen molar-refractivity contribution in [2.24, 2.45) is 0 Å². The fourth-order valence-electron chi connectivity index (χ4n) is 0.826. The van der Waals surface area contributed by atoms with Gasteiger partial charge in [0.25, 0.3) is 10.8 Å². The zero-order valence-electron chi connectivity index (χ0n) is 7.96. The highest BCUT2D eigenvalue weighted by molar-refractivity contribution is 7.86. The molecule has 0 bridgehead atoms. The van der Waals surface area contributed by atoms with E-state index in [1.54, 1.807) is 0 Å². The van der Waals surface area contributed by atoms with E-state index >= 15 is 0 Å². The molecule has 0 fully saturated rings. The van der Waals surface area contributed by atoms with E-state index in [0.717, 1.165) is 12.1 Å². The number of para-hydroxylation sites is 1. The predicted molar refractivity (Wildman–Crippen MR) is 51.7 cm³/mol. The Morgan fingerprint density at radius 1 is 1.12 bits per heavy atom. The molecule has 0 aromatic heterocycles. The topological polar surface area (TPSA) is 161 Å². The summed E-state index contributed by atoms with van der Waals surface area (Å²) in [5.41, 5.74) is -0.634. The maximum atomic E-state index is 10.6. The van der Waals surface area contributed by atoms with E-state index in [9.17, 15) is 18.5 Å². The maximum Gasteiger partial charge on any atom is 0.301 e. The lowest BCUT2D eigenvalue weighted by atomic mass is 10.3. The van der Waals surface area contributed by atoms with Crippen LogP contribution in [0.15, 0.2) is 29.2 Å². The normalized spacial score (nSPS) is 9.94. The molecule has 0 spiro atoms. The van der Waals surface area contributed by atoms with Crippen molar-refractivity contribution in [2.45, 2.75) is 4.90 Å². The van der Waals surface area contributed by atoms with Crippen LogP contribution in [0.4, 0.5) is 5.69 Å². The van der Waals surface area contributed by atoms with Crippen molar-refractivity contribution in [1.29, 1.82) is 0 Å². The molecule has 0 aliphatic rings. The first kappa shape index (κ1) is 14.7. The minimum atomic E-state index is -4.52. The van der Waals surface area contributed by atoms with Crippen molar-refractivity contribution >= 4 is 15.8 Å². The summed E-state index contributed by atoms with van der Waals surface area (Å²) in [6.45, 7) is 0. The standard InChI is InChI=1S/C6H5NO5S.HNO3/c8-7(9)5-3-1-2-4-6(5)13(10,11)12;2-1(3)4/h1-4H,(H,10,11,12);(H,2,3,4). The van der Waals surface area contributed by atoms with Crippen molar-refractivity contribution in [3.05, 3.63) is 44.5 Å². The summed E-state index contributed by atoms with van der Waals surface area (Å²) in [5, 5.41) is 23.9. The van der Waals surface area contributed by atoms with Crippen molar-refractivity contribution in [3.8, 4) is 0 Å². The third kappa shape index (κ3) is 5.39. The highest BCUT2D eigenvalue weighted by Gasteiger charge is 2.22. The number of nitro groups is 1. The predicted octanol–water partition coefficient (Wildman–Crippen LogP) is 0.494. The third-order valence-electron chi connectivity index (χ3n) is 1.34. The Balaban J connectivity index is 0.000000557. The molecule has 0 heterocycles. The van der Waals surface area contributed by atoms with Gasteiger partial charge in [-0.1, -0.05) is 12.1 Å². The average molecular weight is 266 g/mol. The van der Waals surface area contributed by atoms with Crippen molar-refractivity contribution in [3.63, 3.8) is 0 Å². The van der Waals surface area contributed by atoms with Crippen LogP contribution in [0.5, 0.6) is 0 Å². The minimum absolute atomic E-state index is 0.634. The highest BCUT2D eigenvalue weighted by atomic mass is 32.2. The van der Waals surface area contributed by atoms with Crippen LogP contribution in [-0.2, 0) is 10.1 Å². The fraction of sp³-hybridized carbons (Fsp3) is 0. The summed E-state index contributed by atoms with van der Waals surface area (Å²) < 4.78 is 29.8. The molecule has 94 valence electrons. The molecule has 0 saturated heterocycles. The van der Waals surface area contributed by atoms with Gasteiger partial charge in [-0.15, -0.1) is 10.1 Å². The van der Waals surface area contributed by atoms with Crippen LogP contribution in [0.3, 0.4) is 0 Å². The second-order valence-corrected chi connectivity index (χ2v) is 3.83. The first-order valence-electron chi connectivity index (χ1n) is 3.70. The van der Waals surface area contributed by atoms with E-state index in [1.807, 2.05) is 0 Å². The number of hydrogen-bond donors (Lipinski definition) is 2. The summed E-state index contributed by atoms with van der Waals surface area (Å²) in [6, 6.07) is 4.57. The van der Waals surface area contributed by atoms with Gasteiger partial charge in [0.1, 0.15) is 0 Å². The van der Waals surface area contributed by atoms with Crippen LogP contribution in [0.1, 0.15) is 0 Å². The van der Waals surface area contributed by atoms with Gasteiger partial charge in [-0.2, -0.15) is 8.42 Å². The van der Waals surface area contributed by atoms with Crippen LogP contribution in [-0.4, -0.2) is 28.2 Å². The molecule has 2 N–H and O–H groups in total. The zero-order chi connectivity index (χ0) is 13.6. The molecule has 0 aliphatic carbocycles. The third-order valence-corrected chi connectivity index (χ3v) is 2.24. The molecule has 0 unspecified atom stereocenters. The summed E-state index contributed by atoms with van der Waals surface area (Å²) >= 11 is 0. The Kier molecular flexibility index (Phi) is 4.95. The lowest BCUT2D eigenvalue weighted by Gasteiger charge is -1.97. The minimum Gasteiger partial charge on any atom is -0.328 e. The van der Waals surface area contributed by atoms with Crippen LogP contribution in [0.2, 0.25) is 0 Å². The summed E-state index contributed by atoms with van der Waals surface area (Å²) in [7, 11) is -4.52. The SMILES string of the molecule is O=[N+]([O-])O.O=[N+]([O-])c1ccccc1S(=O)(=O)O. The Morgan fingerprint density at radius 2 is 1.53 bits per heavy atom. The average Bonchev–Trinajstić information content (AvgIpc) is 2.15. The van der Waals surface area contributed by atoms with Crippen LogP contribution in [0.25, 0.3) is 0 Å². The van der Waals surface area contributed by atoms with E-state index < -0.39 is 30.7 Å². The van der Waals surface area contributed by atoms with Gasteiger partial charge in [-0.25, -0.2) is 0 Å². The van der Waals surface area contributed by atoms with Gasteiger partial charge in [-0.05, 0) is 6.07 Å². The summed E-state index contributed by atoms with van der Waals surface area (Å²) in [4.78, 5) is 17.1. The highest BCUT2D eigenvalue weighted by Crippen LogP contribution is 2.21. The van der Waals surface area contributed by atoms with E-state index in [2.05, 4.69) is 0 Å². The van der Waals surface area contributed by atoms with Crippen molar-refractivity contribution in [2.75, 3.05) is 0 Å². The molecule has 0 radical (unpaired) electrons. The van der Waals surface area contributed by atoms with E-state index in [1.165, 1.54) is 12.1 Å². The molecular formula is C6H6N2O8S. The van der Waals surface area contributed by atoms with Crippen molar-refractivity contribution in [1.82, 2.24) is 0 Å². The van der Waals surface area contributed by atoms with Gasteiger partial charge < -0.3 is 5.21 Å². The maximum absolute atomic E-state index is 10.6. The van der Waals surface area contributed by atoms with Gasteiger partial charge >= 0.3 is 10.1 Å². The Hall–Kier alpha value is -2.27. The number of rotatable bonds is 2. The Bertz CT molecular complexity index is 521. The number of nitro benzene ring substituents is 1. The van der Waals surface area contributed by atoms with E-state index in [-0.39, 0.29) is 0 Å². The first-order chi connectivity index (χ1) is 7.66. The molecule has 17 heavy (non-hydrogen) atoms. The molecule has 0 aliphatic heterocycles. The second-order valence-electron chi connectivity index (χ2n) is 2.44. The Morgan fingerprint density at radius 3 is 1.82 bits per heavy atom. The van der Waals surface area contributed by atoms with Gasteiger partial charge in [0.2, 0.25) is 0 Å². The van der Waals surface area contributed by atoms with Gasteiger partial charge in [-0.3, -0.25) is 14.7 Å². The molecule has 0 atom stereocenters.